The van der Waals surface area contributed by atoms with E-state index in [0.717, 1.165) is 6.42 Å². The molecule has 176 valence electrons. The van der Waals surface area contributed by atoms with Crippen LogP contribution in [0, 0.1) is 0 Å². The molecule has 0 aromatic heterocycles. The Morgan fingerprint density at radius 2 is 0.595 bits per heavy atom. The molecule has 0 bridgehead atoms. The Hall–Kier alpha value is -4.68. The predicted molar refractivity (Wildman–Crippen MR) is 157 cm³/mol. The number of hydrogen-bond acceptors (Lipinski definition) is 0. The van der Waals surface area contributed by atoms with E-state index in [9.17, 15) is 0 Å². The Morgan fingerprint density at radius 1 is 0.270 bits per heavy atom. The molecule has 0 amide bonds. The van der Waals surface area contributed by atoms with Crippen LogP contribution >= 0.6 is 0 Å². The molecule has 0 aliphatic carbocycles. The van der Waals surface area contributed by atoms with Crippen molar-refractivity contribution in [1.82, 2.24) is 0 Å². The average Bonchev–Trinajstić information content (AvgIpc) is 2.99. The molecule has 6 aromatic rings. The minimum Gasteiger partial charge on any atom is -0.0622 e. The quantitative estimate of drug-likeness (QED) is 0.226. The van der Waals surface area contributed by atoms with Crippen molar-refractivity contribution < 1.29 is 0 Å². The lowest BCUT2D eigenvalue weighted by atomic mass is 9.84. The molecule has 6 aromatic carbocycles. The Morgan fingerprint density at radius 3 is 0.946 bits per heavy atom. The van der Waals surface area contributed by atoms with Gasteiger partial charge in [0.1, 0.15) is 0 Å². The first kappa shape index (κ1) is 22.8. The van der Waals surface area contributed by atoms with Crippen molar-refractivity contribution in [2.24, 2.45) is 0 Å². The monoisotopic (exact) mass is 472 g/mol. The minimum absolute atomic E-state index is 0.843. The van der Waals surface area contributed by atoms with Crippen LogP contribution in [0.25, 0.3) is 44.5 Å². The SMILES string of the molecule is c1ccc(-c2cccc(Cc3cccc(-c4ccccc4)c3-c3ccccc3)c2-c2ccccc2)cc1. The summed E-state index contributed by atoms with van der Waals surface area (Å²) in [6.07, 6.45) is 0.843. The molecule has 6 rings (SSSR count). The van der Waals surface area contributed by atoms with Gasteiger partial charge in [-0.3, -0.25) is 0 Å². The van der Waals surface area contributed by atoms with Gasteiger partial charge in [0, 0.05) is 0 Å². The zero-order valence-corrected chi connectivity index (χ0v) is 20.7. The maximum atomic E-state index is 2.29. The summed E-state index contributed by atoms with van der Waals surface area (Å²) in [5.41, 5.74) is 12.8. The summed E-state index contributed by atoms with van der Waals surface area (Å²) < 4.78 is 0. The Labute approximate surface area is 219 Å². The molecule has 0 unspecified atom stereocenters. The second-order valence-corrected chi connectivity index (χ2v) is 9.32. The van der Waals surface area contributed by atoms with Crippen LogP contribution in [-0.4, -0.2) is 0 Å². The number of hydrogen-bond donors (Lipinski definition) is 0. The van der Waals surface area contributed by atoms with Gasteiger partial charge in [-0.2, -0.15) is 0 Å². The summed E-state index contributed by atoms with van der Waals surface area (Å²) in [5.74, 6) is 0. The molecule has 0 heteroatoms. The molecule has 0 spiro atoms. The van der Waals surface area contributed by atoms with Crippen LogP contribution in [0.5, 0.6) is 0 Å². The summed E-state index contributed by atoms with van der Waals surface area (Å²) in [7, 11) is 0. The van der Waals surface area contributed by atoms with E-state index in [1.165, 1.54) is 55.6 Å². The normalized spacial score (nSPS) is 10.8. The first-order valence-corrected chi connectivity index (χ1v) is 12.8. The number of rotatable bonds is 6. The van der Waals surface area contributed by atoms with Gasteiger partial charge in [0.05, 0.1) is 0 Å². The van der Waals surface area contributed by atoms with Gasteiger partial charge in [-0.15, -0.1) is 0 Å². The van der Waals surface area contributed by atoms with Gasteiger partial charge in [0.25, 0.3) is 0 Å². The van der Waals surface area contributed by atoms with Gasteiger partial charge in [-0.1, -0.05) is 158 Å². The summed E-state index contributed by atoms with van der Waals surface area (Å²) in [6.45, 7) is 0. The highest BCUT2D eigenvalue weighted by atomic mass is 14.2. The van der Waals surface area contributed by atoms with Gasteiger partial charge < -0.3 is 0 Å². The van der Waals surface area contributed by atoms with E-state index < -0.39 is 0 Å². The van der Waals surface area contributed by atoms with E-state index in [4.69, 9.17) is 0 Å². The smallest absolute Gasteiger partial charge is 0.00130 e. The molecule has 0 aliphatic heterocycles. The van der Waals surface area contributed by atoms with E-state index in [2.05, 4.69) is 158 Å². The second kappa shape index (κ2) is 10.5. The maximum Gasteiger partial charge on any atom is -0.00130 e. The van der Waals surface area contributed by atoms with Gasteiger partial charge >= 0.3 is 0 Å². The third-order valence-electron chi connectivity index (χ3n) is 6.98. The fourth-order valence-corrected chi connectivity index (χ4v) is 5.31. The third kappa shape index (κ3) is 4.75. The van der Waals surface area contributed by atoms with Crippen LogP contribution in [0.3, 0.4) is 0 Å². The molecule has 0 N–H and O–H groups in total. The molecule has 0 saturated carbocycles. The van der Waals surface area contributed by atoms with Crippen molar-refractivity contribution in [3.63, 3.8) is 0 Å². The highest BCUT2D eigenvalue weighted by Crippen LogP contribution is 2.40. The first-order valence-electron chi connectivity index (χ1n) is 12.8. The molecule has 37 heavy (non-hydrogen) atoms. The van der Waals surface area contributed by atoms with Crippen molar-refractivity contribution in [2.75, 3.05) is 0 Å². The van der Waals surface area contributed by atoms with Gasteiger partial charge in [0.15, 0.2) is 0 Å². The standard InChI is InChI=1S/C37H28/c1-5-15-28(16-6-1)34-25-13-23-32(36(34)30-19-9-3-10-20-30)27-33-24-14-26-35(29-17-7-2-8-18-29)37(33)31-21-11-4-12-22-31/h1-26H,27H2. The maximum absolute atomic E-state index is 2.29. The molecular weight excluding hydrogens is 444 g/mol. The van der Waals surface area contributed by atoms with Crippen molar-refractivity contribution >= 4 is 0 Å². The highest BCUT2D eigenvalue weighted by Gasteiger charge is 2.17. The third-order valence-corrected chi connectivity index (χ3v) is 6.98. The molecule has 0 saturated heterocycles. The Kier molecular flexibility index (Phi) is 6.47. The Bertz CT molecular complexity index is 1480. The molecule has 0 fully saturated rings. The highest BCUT2D eigenvalue weighted by molar-refractivity contribution is 5.88. The van der Waals surface area contributed by atoms with Crippen molar-refractivity contribution in [1.29, 1.82) is 0 Å². The van der Waals surface area contributed by atoms with Gasteiger partial charge in [-0.05, 0) is 62.1 Å². The summed E-state index contributed by atoms with van der Waals surface area (Å²) in [6, 6.07) is 56.5. The van der Waals surface area contributed by atoms with Crippen LogP contribution in [0.15, 0.2) is 158 Å². The summed E-state index contributed by atoms with van der Waals surface area (Å²) in [5, 5.41) is 0. The Balaban J connectivity index is 1.56. The molecule has 0 nitrogen and oxygen atoms in total. The van der Waals surface area contributed by atoms with Crippen molar-refractivity contribution in [2.45, 2.75) is 6.42 Å². The zero-order valence-electron chi connectivity index (χ0n) is 20.7. The molecule has 0 radical (unpaired) electrons. The summed E-state index contributed by atoms with van der Waals surface area (Å²) >= 11 is 0. The van der Waals surface area contributed by atoms with Gasteiger partial charge in [0.2, 0.25) is 0 Å². The van der Waals surface area contributed by atoms with E-state index in [1.807, 2.05) is 0 Å². The topological polar surface area (TPSA) is 0 Å². The van der Waals surface area contributed by atoms with Crippen LogP contribution in [0.1, 0.15) is 11.1 Å². The lowest BCUT2D eigenvalue weighted by molar-refractivity contribution is 1.20. The minimum atomic E-state index is 0.843. The van der Waals surface area contributed by atoms with Gasteiger partial charge in [-0.25, -0.2) is 0 Å². The van der Waals surface area contributed by atoms with E-state index in [0.29, 0.717) is 0 Å². The van der Waals surface area contributed by atoms with E-state index in [1.54, 1.807) is 0 Å². The average molecular weight is 473 g/mol. The van der Waals surface area contributed by atoms with Crippen molar-refractivity contribution in [3.8, 4) is 44.5 Å². The molecular formula is C37H28. The zero-order chi connectivity index (χ0) is 24.9. The van der Waals surface area contributed by atoms with Crippen LogP contribution in [-0.2, 0) is 6.42 Å². The molecule has 0 aliphatic rings. The largest absolute Gasteiger partial charge is 0.0622 e. The fraction of sp³-hybridized carbons (Fsp3) is 0.0270. The van der Waals surface area contributed by atoms with Crippen molar-refractivity contribution in [3.05, 3.63) is 169 Å². The van der Waals surface area contributed by atoms with E-state index in [-0.39, 0.29) is 0 Å². The predicted octanol–water partition coefficient (Wildman–Crippen LogP) is 9.95. The summed E-state index contributed by atoms with van der Waals surface area (Å²) in [4.78, 5) is 0. The van der Waals surface area contributed by atoms with Crippen LogP contribution in [0.4, 0.5) is 0 Å². The van der Waals surface area contributed by atoms with Crippen LogP contribution < -0.4 is 0 Å². The molecule has 0 atom stereocenters. The second-order valence-electron chi connectivity index (χ2n) is 9.32. The van der Waals surface area contributed by atoms with Crippen LogP contribution in [0.2, 0.25) is 0 Å². The fourth-order valence-electron chi connectivity index (χ4n) is 5.31. The molecule has 0 heterocycles. The number of benzene rings is 6. The lowest BCUT2D eigenvalue weighted by Crippen LogP contribution is -1.99. The first-order chi connectivity index (χ1) is 18.4. The van der Waals surface area contributed by atoms with E-state index >= 15 is 0 Å². The lowest BCUT2D eigenvalue weighted by Gasteiger charge is -2.19.